The quantitative estimate of drug-likeness (QED) is 0.139. The lowest BCUT2D eigenvalue weighted by molar-refractivity contribution is 0.193. The van der Waals surface area contributed by atoms with Gasteiger partial charge in [-0.3, -0.25) is 9.98 Å². The molecular formula is C24H41N7O2S. The van der Waals surface area contributed by atoms with Crippen LogP contribution in [-0.2, 0) is 6.54 Å². The first-order valence-electron chi connectivity index (χ1n) is 12.8. The van der Waals surface area contributed by atoms with E-state index in [2.05, 4.69) is 39.4 Å². The van der Waals surface area contributed by atoms with Crippen molar-refractivity contribution in [3.63, 3.8) is 0 Å². The average molecular weight is 492 g/mol. The van der Waals surface area contributed by atoms with E-state index >= 15 is 0 Å². The molecule has 3 heterocycles. The number of piperidine rings is 1. The second kappa shape index (κ2) is 13.0. The number of anilines is 1. The molecule has 34 heavy (non-hydrogen) atoms. The predicted octanol–water partition coefficient (Wildman–Crippen LogP) is 4.64. The van der Waals surface area contributed by atoms with E-state index in [4.69, 9.17) is 15.9 Å². The fraction of sp³-hybridized carbons (Fsp3) is 0.750. The van der Waals surface area contributed by atoms with Gasteiger partial charge in [-0.05, 0) is 50.7 Å². The number of likely N-dealkylation sites (tertiary alicyclic amines) is 1. The van der Waals surface area contributed by atoms with Crippen molar-refractivity contribution in [3.05, 3.63) is 0 Å². The molecular weight excluding hydrogens is 450 g/mol. The Kier molecular flexibility index (Phi) is 10.1. The SMILES string of the molecule is CCC[C@H](C)Oc1nc(N)c2nc(O)n(CCCCCC3CCN(C(=N)CCCS)CC3)c2n1. The molecule has 2 aromatic heterocycles. The summed E-state index contributed by atoms with van der Waals surface area (Å²) in [6.07, 6.45) is 10.5. The molecule has 0 saturated carbocycles. The number of unbranched alkanes of at least 4 members (excludes halogenated alkanes) is 2. The molecule has 1 saturated heterocycles. The van der Waals surface area contributed by atoms with Crippen LogP contribution in [-0.4, -0.2) is 60.3 Å². The van der Waals surface area contributed by atoms with Crippen LogP contribution >= 0.6 is 12.6 Å². The molecule has 0 bridgehead atoms. The Bertz CT molecular complexity index is 928. The number of nitrogens with two attached hydrogens (primary N) is 1. The zero-order valence-electron chi connectivity index (χ0n) is 20.7. The smallest absolute Gasteiger partial charge is 0.320 e. The van der Waals surface area contributed by atoms with Crippen molar-refractivity contribution in [2.24, 2.45) is 5.92 Å². The molecule has 1 fully saturated rings. The van der Waals surface area contributed by atoms with Gasteiger partial charge >= 0.3 is 6.01 Å². The lowest BCUT2D eigenvalue weighted by Crippen LogP contribution is -2.38. The standard InChI is InChI=1S/C24H41N7O2S/c1-3-8-17(2)33-23-28-21(26)20-22(29-23)31(24(32)27-20)13-6-4-5-9-18-11-14-30(15-12-18)19(25)10-7-16-34/h17-18,25,34H,3-16H2,1-2H3,(H,27,32)(H2,26,28,29)/t17-/m0/s1. The van der Waals surface area contributed by atoms with Gasteiger partial charge in [-0.25, -0.2) is 0 Å². The van der Waals surface area contributed by atoms with E-state index in [1.54, 1.807) is 4.57 Å². The molecule has 3 rings (SSSR count). The molecule has 0 amide bonds. The first-order chi connectivity index (χ1) is 16.4. The zero-order valence-corrected chi connectivity index (χ0v) is 21.6. The molecule has 10 heteroatoms. The van der Waals surface area contributed by atoms with Crippen molar-refractivity contribution < 1.29 is 9.84 Å². The highest BCUT2D eigenvalue weighted by Crippen LogP contribution is 2.27. The van der Waals surface area contributed by atoms with Gasteiger partial charge < -0.3 is 20.5 Å². The fourth-order valence-electron chi connectivity index (χ4n) is 4.67. The molecule has 0 aromatic carbocycles. The van der Waals surface area contributed by atoms with Crippen molar-refractivity contribution in [2.45, 2.75) is 90.7 Å². The van der Waals surface area contributed by atoms with Gasteiger partial charge in [0.15, 0.2) is 17.0 Å². The Labute approximate surface area is 208 Å². The van der Waals surface area contributed by atoms with Gasteiger partial charge in [0, 0.05) is 26.1 Å². The summed E-state index contributed by atoms with van der Waals surface area (Å²) in [4.78, 5) is 15.1. The second-order valence-corrected chi connectivity index (χ2v) is 9.85. The van der Waals surface area contributed by atoms with Crippen molar-refractivity contribution in [2.75, 3.05) is 24.6 Å². The minimum Gasteiger partial charge on any atom is -0.480 e. The number of imidazole rings is 1. The van der Waals surface area contributed by atoms with E-state index in [-0.39, 0.29) is 23.9 Å². The Balaban J connectivity index is 1.45. The first-order valence-corrected chi connectivity index (χ1v) is 13.4. The number of hydrogen-bond acceptors (Lipinski definition) is 8. The summed E-state index contributed by atoms with van der Waals surface area (Å²) >= 11 is 4.25. The Hall–Kier alpha value is -2.23. The van der Waals surface area contributed by atoms with Crippen LogP contribution < -0.4 is 10.5 Å². The van der Waals surface area contributed by atoms with E-state index in [1.165, 1.54) is 19.3 Å². The molecule has 0 unspecified atom stereocenters. The minimum absolute atomic E-state index is 0.00248. The second-order valence-electron chi connectivity index (χ2n) is 9.40. The van der Waals surface area contributed by atoms with Crippen LogP contribution in [0.25, 0.3) is 11.2 Å². The summed E-state index contributed by atoms with van der Waals surface area (Å²) in [6, 6.07) is 0.152. The van der Waals surface area contributed by atoms with Crippen LogP contribution in [0, 0.1) is 11.3 Å². The molecule has 0 spiro atoms. The lowest BCUT2D eigenvalue weighted by atomic mass is 9.91. The Morgan fingerprint density at radius 3 is 2.68 bits per heavy atom. The molecule has 9 nitrogen and oxygen atoms in total. The number of aryl methyl sites for hydroxylation is 1. The number of nitrogen functional groups attached to an aromatic ring is 1. The number of nitrogens with zero attached hydrogens (tertiary/aromatic N) is 5. The van der Waals surface area contributed by atoms with Gasteiger partial charge in [-0.1, -0.05) is 32.6 Å². The van der Waals surface area contributed by atoms with Gasteiger partial charge in [0.25, 0.3) is 6.01 Å². The highest BCUT2D eigenvalue weighted by atomic mass is 32.1. The van der Waals surface area contributed by atoms with Crippen LogP contribution in [0.15, 0.2) is 0 Å². The number of thiol groups is 1. The number of aromatic nitrogens is 4. The van der Waals surface area contributed by atoms with E-state index in [9.17, 15) is 5.11 Å². The number of ether oxygens (including phenoxy) is 1. The summed E-state index contributed by atoms with van der Waals surface area (Å²) < 4.78 is 7.52. The first kappa shape index (κ1) is 26.4. The zero-order chi connectivity index (χ0) is 24.5. The summed E-state index contributed by atoms with van der Waals surface area (Å²) in [5, 5.41) is 18.6. The maximum Gasteiger partial charge on any atom is 0.320 e. The van der Waals surface area contributed by atoms with Crippen molar-refractivity contribution >= 4 is 35.4 Å². The van der Waals surface area contributed by atoms with Gasteiger partial charge in [-0.15, -0.1) is 0 Å². The summed E-state index contributed by atoms with van der Waals surface area (Å²) in [7, 11) is 0. The van der Waals surface area contributed by atoms with Crippen molar-refractivity contribution in [1.82, 2.24) is 24.4 Å². The van der Waals surface area contributed by atoms with Crippen LogP contribution in [0.1, 0.15) is 78.1 Å². The van der Waals surface area contributed by atoms with Crippen molar-refractivity contribution in [3.8, 4) is 12.0 Å². The molecule has 4 N–H and O–H groups in total. The van der Waals surface area contributed by atoms with Gasteiger partial charge in [0.2, 0.25) is 0 Å². The monoisotopic (exact) mass is 491 g/mol. The molecule has 0 radical (unpaired) electrons. The molecule has 2 aromatic rings. The lowest BCUT2D eigenvalue weighted by Gasteiger charge is -2.33. The van der Waals surface area contributed by atoms with Crippen LogP contribution in [0.3, 0.4) is 0 Å². The average Bonchev–Trinajstić information content (AvgIpc) is 3.13. The number of nitrogens with one attached hydrogen (secondary N) is 1. The third-order valence-corrected chi connectivity index (χ3v) is 6.96. The third-order valence-electron chi connectivity index (χ3n) is 6.64. The summed E-state index contributed by atoms with van der Waals surface area (Å²) in [5.41, 5.74) is 7.00. The number of amidine groups is 1. The van der Waals surface area contributed by atoms with Crippen LogP contribution in [0.4, 0.5) is 5.82 Å². The van der Waals surface area contributed by atoms with Crippen LogP contribution in [0.5, 0.6) is 12.0 Å². The fourth-order valence-corrected chi connectivity index (χ4v) is 4.83. The normalized spacial score (nSPS) is 15.7. The topological polar surface area (TPSA) is 126 Å². The van der Waals surface area contributed by atoms with E-state index < -0.39 is 0 Å². The Morgan fingerprint density at radius 1 is 1.21 bits per heavy atom. The number of aromatic hydroxyl groups is 1. The molecule has 1 aliphatic rings. The predicted molar refractivity (Wildman–Crippen MR) is 140 cm³/mol. The maximum absolute atomic E-state index is 10.4. The van der Waals surface area contributed by atoms with E-state index in [0.717, 1.165) is 75.5 Å². The molecule has 1 atom stereocenters. The maximum atomic E-state index is 10.4. The van der Waals surface area contributed by atoms with E-state index in [1.807, 2.05) is 6.92 Å². The minimum atomic E-state index is -0.0810. The largest absolute Gasteiger partial charge is 0.480 e. The highest BCUT2D eigenvalue weighted by Gasteiger charge is 2.21. The number of hydrogen-bond donors (Lipinski definition) is 4. The van der Waals surface area contributed by atoms with Gasteiger partial charge in [0.1, 0.15) is 0 Å². The van der Waals surface area contributed by atoms with Crippen molar-refractivity contribution in [1.29, 1.82) is 5.41 Å². The molecule has 1 aliphatic heterocycles. The molecule has 190 valence electrons. The molecule has 0 aliphatic carbocycles. The Morgan fingerprint density at radius 2 is 1.97 bits per heavy atom. The van der Waals surface area contributed by atoms with E-state index in [0.29, 0.717) is 17.7 Å². The number of fused-ring (bicyclic) bond motifs is 1. The van der Waals surface area contributed by atoms with Gasteiger partial charge in [-0.2, -0.15) is 27.6 Å². The van der Waals surface area contributed by atoms with Crippen LogP contribution in [0.2, 0.25) is 0 Å². The number of rotatable bonds is 13. The summed E-state index contributed by atoms with van der Waals surface area (Å²) in [6.45, 7) is 6.73. The highest BCUT2D eigenvalue weighted by molar-refractivity contribution is 7.80. The third kappa shape index (κ3) is 7.13. The summed E-state index contributed by atoms with van der Waals surface area (Å²) in [5.74, 6) is 2.59. The van der Waals surface area contributed by atoms with Gasteiger partial charge in [0.05, 0.1) is 11.9 Å².